The number of amides is 2. The summed E-state index contributed by atoms with van der Waals surface area (Å²) in [6, 6.07) is 14.7. The van der Waals surface area contributed by atoms with E-state index < -0.39 is 30.4 Å². The molecule has 2 aromatic carbocycles. The van der Waals surface area contributed by atoms with Crippen LogP contribution >= 0.6 is 0 Å². The molecule has 0 saturated carbocycles. The zero-order chi connectivity index (χ0) is 24.2. The molecule has 4 rings (SSSR count). The van der Waals surface area contributed by atoms with E-state index in [9.17, 15) is 19.5 Å². The molecule has 34 heavy (non-hydrogen) atoms. The minimum Gasteiger partial charge on any atom is -0.481 e. The number of carbonyl (C=O) groups excluding carboxylic acids is 2. The zero-order valence-electron chi connectivity index (χ0n) is 19.4. The van der Waals surface area contributed by atoms with Crippen LogP contribution in [0.3, 0.4) is 0 Å². The summed E-state index contributed by atoms with van der Waals surface area (Å²) >= 11 is 0. The van der Waals surface area contributed by atoms with Gasteiger partial charge in [-0.3, -0.25) is 9.59 Å². The van der Waals surface area contributed by atoms with E-state index >= 15 is 0 Å². The quantitative estimate of drug-likeness (QED) is 0.648. The number of aliphatic carboxylic acids is 1. The molecule has 1 fully saturated rings. The van der Waals surface area contributed by atoms with E-state index in [4.69, 9.17) is 9.47 Å². The molecule has 1 aliphatic carbocycles. The van der Waals surface area contributed by atoms with E-state index in [-0.39, 0.29) is 24.7 Å². The molecule has 3 unspecified atom stereocenters. The van der Waals surface area contributed by atoms with Crippen LogP contribution in [0.2, 0.25) is 0 Å². The van der Waals surface area contributed by atoms with Crippen molar-refractivity contribution in [2.24, 2.45) is 0 Å². The minimum atomic E-state index is -1.21. The molecule has 0 radical (unpaired) electrons. The molecule has 1 heterocycles. The van der Waals surface area contributed by atoms with Crippen LogP contribution in [0.4, 0.5) is 4.79 Å². The van der Waals surface area contributed by atoms with E-state index in [2.05, 4.69) is 5.32 Å². The number of benzene rings is 2. The van der Waals surface area contributed by atoms with Crippen LogP contribution in [0.5, 0.6) is 0 Å². The SMILES string of the molecule is CC1CC(N(C)C(=O)C(CC(=O)O)NC(=O)OCC2c3ccccc3-c3ccccc32)CCO1. The lowest BCUT2D eigenvalue weighted by molar-refractivity contribution is -0.144. The van der Waals surface area contributed by atoms with Gasteiger partial charge in [0, 0.05) is 25.6 Å². The Morgan fingerprint density at radius 1 is 1.12 bits per heavy atom. The molecule has 3 atom stereocenters. The number of ether oxygens (including phenoxy) is 2. The molecule has 0 bridgehead atoms. The number of hydrogen-bond donors (Lipinski definition) is 2. The maximum absolute atomic E-state index is 13.1. The van der Waals surface area contributed by atoms with Crippen LogP contribution < -0.4 is 5.32 Å². The third-order valence-electron chi connectivity index (χ3n) is 6.67. The summed E-state index contributed by atoms with van der Waals surface area (Å²) in [5.41, 5.74) is 4.36. The Morgan fingerprint density at radius 3 is 2.32 bits per heavy atom. The van der Waals surface area contributed by atoms with Crippen molar-refractivity contribution in [3.63, 3.8) is 0 Å². The van der Waals surface area contributed by atoms with Gasteiger partial charge in [0.2, 0.25) is 5.91 Å². The zero-order valence-corrected chi connectivity index (χ0v) is 19.4. The molecule has 0 spiro atoms. The summed E-state index contributed by atoms with van der Waals surface area (Å²) in [4.78, 5) is 38.6. The van der Waals surface area contributed by atoms with Gasteiger partial charge in [-0.25, -0.2) is 4.79 Å². The van der Waals surface area contributed by atoms with Crippen LogP contribution in [-0.2, 0) is 19.1 Å². The molecule has 180 valence electrons. The van der Waals surface area contributed by atoms with Gasteiger partial charge < -0.3 is 24.8 Å². The van der Waals surface area contributed by atoms with E-state index in [1.165, 1.54) is 4.90 Å². The third-order valence-corrected chi connectivity index (χ3v) is 6.67. The fourth-order valence-corrected chi connectivity index (χ4v) is 4.91. The maximum Gasteiger partial charge on any atom is 0.407 e. The molecule has 2 aromatic rings. The van der Waals surface area contributed by atoms with Crippen LogP contribution in [0.1, 0.15) is 43.2 Å². The second kappa shape index (κ2) is 10.3. The van der Waals surface area contributed by atoms with Crippen molar-refractivity contribution in [3.05, 3.63) is 59.7 Å². The summed E-state index contributed by atoms with van der Waals surface area (Å²) in [5, 5.41) is 11.8. The number of likely N-dealkylation sites (N-methyl/N-ethyl adjacent to an activating group) is 1. The Hall–Kier alpha value is -3.39. The first-order valence-electron chi connectivity index (χ1n) is 11.6. The first-order chi connectivity index (χ1) is 16.3. The van der Waals surface area contributed by atoms with Gasteiger partial charge >= 0.3 is 12.1 Å². The van der Waals surface area contributed by atoms with Crippen LogP contribution in [0.15, 0.2) is 48.5 Å². The fraction of sp³-hybridized carbons (Fsp3) is 0.423. The van der Waals surface area contributed by atoms with Gasteiger partial charge in [0.05, 0.1) is 12.5 Å². The molecule has 2 N–H and O–H groups in total. The standard InChI is InChI=1S/C26H30N2O6/c1-16-13-17(11-12-33-16)28(2)25(31)23(14-24(29)30)27-26(32)34-15-22-20-9-5-3-7-18(20)19-8-4-6-10-21(19)22/h3-10,16-17,22-23H,11-15H2,1-2H3,(H,27,32)(H,29,30). The van der Waals surface area contributed by atoms with E-state index in [1.54, 1.807) is 7.05 Å². The van der Waals surface area contributed by atoms with Crippen LogP contribution in [-0.4, -0.2) is 66.4 Å². The van der Waals surface area contributed by atoms with Crippen LogP contribution in [0.25, 0.3) is 11.1 Å². The predicted molar refractivity (Wildman–Crippen MR) is 125 cm³/mol. The smallest absolute Gasteiger partial charge is 0.407 e. The van der Waals surface area contributed by atoms with Crippen molar-refractivity contribution in [1.29, 1.82) is 0 Å². The van der Waals surface area contributed by atoms with Gasteiger partial charge in [-0.05, 0) is 42.0 Å². The molecule has 1 aliphatic heterocycles. The predicted octanol–water partition coefficient (Wildman–Crippen LogP) is 3.39. The number of hydrogen-bond acceptors (Lipinski definition) is 5. The summed E-state index contributed by atoms with van der Waals surface area (Å²) in [6.45, 7) is 2.56. The van der Waals surface area contributed by atoms with Gasteiger partial charge in [0.25, 0.3) is 0 Å². The molecule has 0 aromatic heterocycles. The largest absolute Gasteiger partial charge is 0.481 e. The Kier molecular flexibility index (Phi) is 7.17. The topological polar surface area (TPSA) is 105 Å². The van der Waals surface area contributed by atoms with Gasteiger partial charge in [0.1, 0.15) is 12.6 Å². The molecular formula is C26H30N2O6. The molecule has 2 aliphatic rings. The summed E-state index contributed by atoms with van der Waals surface area (Å²) in [5.74, 6) is -1.75. The number of fused-ring (bicyclic) bond motifs is 3. The van der Waals surface area contributed by atoms with Crippen molar-refractivity contribution < 1.29 is 29.0 Å². The van der Waals surface area contributed by atoms with Crippen LogP contribution in [0, 0.1) is 0 Å². The highest BCUT2D eigenvalue weighted by atomic mass is 16.5. The fourth-order valence-electron chi connectivity index (χ4n) is 4.91. The molecule has 1 saturated heterocycles. The lowest BCUT2D eigenvalue weighted by Crippen LogP contribution is -2.52. The van der Waals surface area contributed by atoms with Crippen molar-refractivity contribution in [2.45, 2.75) is 50.3 Å². The average molecular weight is 467 g/mol. The molecule has 8 heteroatoms. The van der Waals surface area contributed by atoms with Crippen molar-refractivity contribution in [2.75, 3.05) is 20.3 Å². The van der Waals surface area contributed by atoms with Crippen molar-refractivity contribution in [3.8, 4) is 11.1 Å². The third kappa shape index (κ3) is 5.07. The van der Waals surface area contributed by atoms with E-state index in [0.717, 1.165) is 22.3 Å². The first kappa shape index (κ1) is 23.8. The highest BCUT2D eigenvalue weighted by Gasteiger charge is 2.33. The minimum absolute atomic E-state index is 0.0158. The second-order valence-corrected chi connectivity index (χ2v) is 8.93. The average Bonchev–Trinajstić information content (AvgIpc) is 3.15. The first-order valence-corrected chi connectivity index (χ1v) is 11.6. The van der Waals surface area contributed by atoms with Gasteiger partial charge in [0.15, 0.2) is 0 Å². The van der Waals surface area contributed by atoms with Crippen molar-refractivity contribution in [1.82, 2.24) is 10.2 Å². The van der Waals surface area contributed by atoms with E-state index in [1.807, 2.05) is 55.5 Å². The Labute approximate surface area is 198 Å². The van der Waals surface area contributed by atoms with Gasteiger partial charge in [-0.15, -0.1) is 0 Å². The summed E-state index contributed by atoms with van der Waals surface area (Å²) in [7, 11) is 1.64. The highest BCUT2D eigenvalue weighted by Crippen LogP contribution is 2.44. The Balaban J connectivity index is 1.42. The highest BCUT2D eigenvalue weighted by molar-refractivity contribution is 5.89. The number of carboxylic acid groups (broad SMARTS) is 1. The van der Waals surface area contributed by atoms with Gasteiger partial charge in [-0.1, -0.05) is 48.5 Å². The Morgan fingerprint density at radius 2 is 1.74 bits per heavy atom. The molecule has 2 amide bonds. The lowest BCUT2D eigenvalue weighted by atomic mass is 9.98. The molecule has 8 nitrogen and oxygen atoms in total. The maximum atomic E-state index is 13.1. The Bertz CT molecular complexity index is 1030. The number of carboxylic acids is 1. The normalized spacial score (nSPS) is 20.1. The number of rotatable bonds is 7. The summed E-state index contributed by atoms with van der Waals surface area (Å²) < 4.78 is 11.0. The van der Waals surface area contributed by atoms with Gasteiger partial charge in [-0.2, -0.15) is 0 Å². The second-order valence-electron chi connectivity index (χ2n) is 8.93. The summed E-state index contributed by atoms with van der Waals surface area (Å²) in [6.07, 6.45) is 0.00778. The van der Waals surface area contributed by atoms with Crippen molar-refractivity contribution >= 4 is 18.0 Å². The monoisotopic (exact) mass is 466 g/mol. The lowest BCUT2D eigenvalue weighted by Gasteiger charge is -2.35. The number of carbonyl (C=O) groups is 3. The number of nitrogens with zero attached hydrogens (tertiary/aromatic N) is 1. The number of nitrogens with one attached hydrogen (secondary N) is 1. The number of alkyl carbamates (subject to hydrolysis) is 1. The van der Waals surface area contributed by atoms with E-state index in [0.29, 0.717) is 19.4 Å². The molecular weight excluding hydrogens is 436 g/mol.